The van der Waals surface area contributed by atoms with E-state index >= 15 is 0 Å². The number of carbonyl (C=O) groups is 1. The van der Waals surface area contributed by atoms with Gasteiger partial charge in [0, 0.05) is 17.1 Å². The number of carbonyl (C=O) groups excluding carboxylic acids is 1. The molecule has 0 saturated heterocycles. The number of benzene rings is 1. The zero-order chi connectivity index (χ0) is 13.3. The molecule has 0 atom stereocenters. The second kappa shape index (κ2) is 4.60. The molecule has 5 nitrogen and oxygen atoms in total. The van der Waals surface area contributed by atoms with E-state index < -0.39 is 0 Å². The lowest BCUT2D eigenvalue weighted by Gasteiger charge is -2.13. The van der Waals surface area contributed by atoms with Crippen LogP contribution in [0.1, 0.15) is 17.3 Å². The number of fused-ring (bicyclic) bond motifs is 1. The van der Waals surface area contributed by atoms with Gasteiger partial charge < -0.3 is 19.2 Å². The molecule has 0 aliphatic heterocycles. The lowest BCUT2D eigenvalue weighted by molar-refractivity contribution is 0.101. The summed E-state index contributed by atoms with van der Waals surface area (Å²) in [6.45, 7) is 1.52. The first-order valence-electron chi connectivity index (χ1n) is 5.45. The number of aromatic amines is 1. The summed E-state index contributed by atoms with van der Waals surface area (Å²) in [5.74, 6) is 1.54. The number of H-pyrrole nitrogens is 1. The van der Waals surface area contributed by atoms with Gasteiger partial charge in [0.25, 0.3) is 0 Å². The molecule has 0 radical (unpaired) electrons. The minimum absolute atomic E-state index is 0.0180. The Labute approximate surface area is 105 Å². The molecule has 0 unspecified atom stereocenters. The minimum Gasteiger partial charge on any atom is -0.493 e. The highest BCUT2D eigenvalue weighted by atomic mass is 16.5. The van der Waals surface area contributed by atoms with Gasteiger partial charge in [-0.2, -0.15) is 0 Å². The quantitative estimate of drug-likeness (QED) is 0.845. The maximum absolute atomic E-state index is 11.5. The van der Waals surface area contributed by atoms with Gasteiger partial charge in [0.2, 0.25) is 5.75 Å². The first-order chi connectivity index (χ1) is 8.63. The molecule has 2 rings (SSSR count). The number of methoxy groups -OCH3 is 3. The summed E-state index contributed by atoms with van der Waals surface area (Å²) >= 11 is 0. The minimum atomic E-state index is -0.0180. The molecule has 1 aromatic heterocycles. The van der Waals surface area contributed by atoms with Crippen LogP contribution in [0.2, 0.25) is 0 Å². The van der Waals surface area contributed by atoms with E-state index in [1.165, 1.54) is 6.92 Å². The van der Waals surface area contributed by atoms with Crippen molar-refractivity contribution >= 4 is 16.7 Å². The van der Waals surface area contributed by atoms with Gasteiger partial charge in [-0.05, 0) is 13.0 Å². The van der Waals surface area contributed by atoms with Crippen LogP contribution in [0.25, 0.3) is 10.9 Å². The third kappa shape index (κ3) is 1.68. The lowest BCUT2D eigenvalue weighted by atomic mass is 10.1. The van der Waals surface area contributed by atoms with Crippen molar-refractivity contribution in [1.82, 2.24) is 4.98 Å². The molecule has 1 heterocycles. The second-order valence-electron chi connectivity index (χ2n) is 3.83. The van der Waals surface area contributed by atoms with E-state index in [4.69, 9.17) is 14.2 Å². The monoisotopic (exact) mass is 249 g/mol. The molecule has 0 amide bonds. The van der Waals surface area contributed by atoms with Crippen molar-refractivity contribution in [2.24, 2.45) is 0 Å². The van der Waals surface area contributed by atoms with E-state index in [1.54, 1.807) is 33.6 Å². The number of ether oxygens (including phenoxy) is 3. The van der Waals surface area contributed by atoms with Crippen LogP contribution in [-0.2, 0) is 0 Å². The fourth-order valence-electron chi connectivity index (χ4n) is 2.03. The van der Waals surface area contributed by atoms with Crippen LogP contribution in [0, 0.1) is 0 Å². The predicted molar refractivity (Wildman–Crippen MR) is 68.0 cm³/mol. The Hall–Kier alpha value is -2.17. The van der Waals surface area contributed by atoms with Crippen molar-refractivity contribution in [2.45, 2.75) is 6.92 Å². The first kappa shape index (κ1) is 12.3. The largest absolute Gasteiger partial charge is 0.493 e. The standard InChI is InChI=1S/C13H15NO4/c1-7(15)9-6-14-11-8(9)5-10(16-2)12(17-3)13(11)18-4/h5-6,14H,1-4H3. The summed E-state index contributed by atoms with van der Waals surface area (Å²) in [6.07, 6.45) is 1.66. The summed E-state index contributed by atoms with van der Waals surface area (Å²) in [6, 6.07) is 1.77. The Bertz CT molecular complexity index is 601. The molecule has 5 heteroatoms. The van der Waals surface area contributed by atoms with E-state index in [0.717, 1.165) is 10.9 Å². The molecule has 0 fully saturated rings. The smallest absolute Gasteiger partial charge is 0.205 e. The Balaban J connectivity index is 2.84. The number of aromatic nitrogens is 1. The van der Waals surface area contributed by atoms with Crippen molar-refractivity contribution in [3.63, 3.8) is 0 Å². The van der Waals surface area contributed by atoms with Crippen molar-refractivity contribution in [1.29, 1.82) is 0 Å². The summed E-state index contributed by atoms with van der Waals surface area (Å²) in [5.41, 5.74) is 1.32. The third-order valence-corrected chi connectivity index (χ3v) is 2.86. The normalized spacial score (nSPS) is 10.4. The van der Waals surface area contributed by atoms with Crippen LogP contribution in [0.4, 0.5) is 0 Å². The topological polar surface area (TPSA) is 60.6 Å². The average Bonchev–Trinajstić information content (AvgIpc) is 2.79. The van der Waals surface area contributed by atoms with Crippen LogP contribution in [0.15, 0.2) is 12.3 Å². The Morgan fingerprint density at radius 3 is 2.28 bits per heavy atom. The maximum atomic E-state index is 11.5. The summed E-state index contributed by atoms with van der Waals surface area (Å²) < 4.78 is 15.9. The van der Waals surface area contributed by atoms with Gasteiger partial charge >= 0.3 is 0 Å². The van der Waals surface area contributed by atoms with Gasteiger partial charge in [0.15, 0.2) is 17.3 Å². The van der Waals surface area contributed by atoms with Crippen LogP contribution in [-0.4, -0.2) is 32.1 Å². The van der Waals surface area contributed by atoms with E-state index in [0.29, 0.717) is 22.8 Å². The SMILES string of the molecule is COc1cc2c(C(C)=O)c[nH]c2c(OC)c1OC. The first-order valence-corrected chi connectivity index (χ1v) is 5.45. The molecule has 0 saturated carbocycles. The van der Waals surface area contributed by atoms with Crippen molar-refractivity contribution < 1.29 is 19.0 Å². The summed E-state index contributed by atoms with van der Waals surface area (Å²) in [5, 5.41) is 0.761. The average molecular weight is 249 g/mol. The predicted octanol–water partition coefficient (Wildman–Crippen LogP) is 2.40. The van der Waals surface area contributed by atoms with E-state index in [1.807, 2.05) is 0 Å². The van der Waals surface area contributed by atoms with Crippen molar-refractivity contribution in [3.05, 3.63) is 17.8 Å². The molecule has 0 bridgehead atoms. The van der Waals surface area contributed by atoms with Crippen LogP contribution in [0.3, 0.4) is 0 Å². The molecular weight excluding hydrogens is 234 g/mol. The molecule has 96 valence electrons. The molecule has 18 heavy (non-hydrogen) atoms. The number of hydrogen-bond donors (Lipinski definition) is 1. The zero-order valence-corrected chi connectivity index (χ0v) is 10.8. The lowest BCUT2D eigenvalue weighted by Crippen LogP contribution is -1.96. The maximum Gasteiger partial charge on any atom is 0.205 e. The number of rotatable bonds is 4. The molecular formula is C13H15NO4. The second-order valence-corrected chi connectivity index (χ2v) is 3.83. The number of hydrogen-bond acceptors (Lipinski definition) is 4. The molecule has 0 aliphatic rings. The van der Waals surface area contributed by atoms with Gasteiger partial charge in [-0.15, -0.1) is 0 Å². The van der Waals surface area contributed by atoms with Crippen LogP contribution < -0.4 is 14.2 Å². The third-order valence-electron chi connectivity index (χ3n) is 2.86. The fraction of sp³-hybridized carbons (Fsp3) is 0.308. The van der Waals surface area contributed by atoms with Gasteiger partial charge in [0.05, 0.1) is 26.8 Å². The number of nitrogens with one attached hydrogen (secondary N) is 1. The Kier molecular flexibility index (Phi) is 3.14. The Morgan fingerprint density at radius 1 is 1.11 bits per heavy atom. The van der Waals surface area contributed by atoms with Gasteiger partial charge in [-0.3, -0.25) is 4.79 Å². The fourth-order valence-corrected chi connectivity index (χ4v) is 2.03. The van der Waals surface area contributed by atoms with Gasteiger partial charge in [-0.1, -0.05) is 0 Å². The van der Waals surface area contributed by atoms with Crippen LogP contribution in [0.5, 0.6) is 17.2 Å². The zero-order valence-electron chi connectivity index (χ0n) is 10.8. The molecule has 2 aromatic rings. The molecule has 0 spiro atoms. The molecule has 1 N–H and O–H groups in total. The molecule has 0 aliphatic carbocycles. The van der Waals surface area contributed by atoms with Gasteiger partial charge in [0.1, 0.15) is 0 Å². The Morgan fingerprint density at radius 2 is 1.78 bits per heavy atom. The highest BCUT2D eigenvalue weighted by Crippen LogP contribution is 2.43. The summed E-state index contributed by atoms with van der Waals surface area (Å²) in [4.78, 5) is 14.6. The molecule has 1 aromatic carbocycles. The number of ketones is 1. The van der Waals surface area contributed by atoms with Crippen molar-refractivity contribution in [3.8, 4) is 17.2 Å². The highest BCUT2D eigenvalue weighted by molar-refractivity contribution is 6.09. The highest BCUT2D eigenvalue weighted by Gasteiger charge is 2.20. The van der Waals surface area contributed by atoms with E-state index in [2.05, 4.69) is 4.98 Å². The van der Waals surface area contributed by atoms with Gasteiger partial charge in [-0.25, -0.2) is 0 Å². The van der Waals surface area contributed by atoms with E-state index in [-0.39, 0.29) is 5.78 Å². The van der Waals surface area contributed by atoms with E-state index in [9.17, 15) is 4.79 Å². The van der Waals surface area contributed by atoms with Crippen LogP contribution >= 0.6 is 0 Å². The van der Waals surface area contributed by atoms with Crippen molar-refractivity contribution in [2.75, 3.05) is 21.3 Å². The summed E-state index contributed by atoms with van der Waals surface area (Å²) in [7, 11) is 4.63. The number of Topliss-reactive ketones (excluding diaryl/α,β-unsaturated/α-hetero) is 1.